The van der Waals surface area contributed by atoms with Crippen molar-refractivity contribution < 1.29 is 18.3 Å². The van der Waals surface area contributed by atoms with Crippen molar-refractivity contribution in [3.63, 3.8) is 0 Å². The summed E-state index contributed by atoms with van der Waals surface area (Å²) in [5, 5.41) is 12.1. The molecule has 6 nitrogen and oxygen atoms in total. The quantitative estimate of drug-likeness (QED) is 0.736. The average Bonchev–Trinajstić information content (AvgIpc) is 2.37. The smallest absolute Gasteiger partial charge is 0.217 e. The van der Waals surface area contributed by atoms with Crippen molar-refractivity contribution >= 4 is 10.0 Å². The average molecular weight is 292 g/mol. The first kappa shape index (κ1) is 15.2. The van der Waals surface area contributed by atoms with Crippen molar-refractivity contribution in [1.82, 2.24) is 9.62 Å². The van der Waals surface area contributed by atoms with Crippen LogP contribution in [-0.2, 0) is 14.8 Å². The van der Waals surface area contributed by atoms with E-state index in [9.17, 15) is 13.5 Å². The first-order valence-corrected chi connectivity index (χ1v) is 8.34. The van der Waals surface area contributed by atoms with E-state index in [4.69, 9.17) is 4.74 Å². The predicted molar refractivity (Wildman–Crippen MR) is 72.4 cm³/mol. The summed E-state index contributed by atoms with van der Waals surface area (Å²) in [5.41, 5.74) is -0.550. The van der Waals surface area contributed by atoms with Crippen LogP contribution in [0.1, 0.15) is 26.7 Å². The van der Waals surface area contributed by atoms with Gasteiger partial charge in [-0.05, 0) is 39.8 Å². The summed E-state index contributed by atoms with van der Waals surface area (Å²) >= 11 is 0. The van der Waals surface area contributed by atoms with Crippen LogP contribution in [0.4, 0.5) is 0 Å². The molecular weight excluding hydrogens is 268 g/mol. The number of ether oxygens (including phenoxy) is 1. The first-order valence-electron chi connectivity index (χ1n) is 6.83. The van der Waals surface area contributed by atoms with E-state index in [2.05, 4.69) is 5.32 Å². The van der Waals surface area contributed by atoms with E-state index < -0.39 is 21.7 Å². The summed E-state index contributed by atoms with van der Waals surface area (Å²) in [7, 11) is -3.30. The molecule has 0 aromatic heterocycles. The lowest BCUT2D eigenvalue weighted by atomic mass is 10.1. The molecule has 0 bridgehead atoms. The Hall–Kier alpha value is -0.210. The van der Waals surface area contributed by atoms with Crippen LogP contribution >= 0.6 is 0 Å². The molecule has 19 heavy (non-hydrogen) atoms. The molecule has 2 aliphatic rings. The maximum atomic E-state index is 12.7. The molecule has 7 heteroatoms. The van der Waals surface area contributed by atoms with Gasteiger partial charge in [0.15, 0.2) is 0 Å². The molecule has 1 atom stereocenters. The maximum Gasteiger partial charge on any atom is 0.217 e. The lowest BCUT2D eigenvalue weighted by Crippen LogP contribution is -2.57. The zero-order chi connectivity index (χ0) is 14.1. The number of nitrogens with one attached hydrogen (secondary N) is 1. The molecular formula is C12H24N2O4S. The standard InChI is InChI=1S/C12H24N2O4S/c1-12(2)9-14(7-10(8-15)18-12)19(16,17)11-3-5-13-6-4-11/h10-11,13,15H,3-9H2,1-2H3. The van der Waals surface area contributed by atoms with Gasteiger partial charge in [0.2, 0.25) is 10.0 Å². The van der Waals surface area contributed by atoms with Gasteiger partial charge in [0.1, 0.15) is 0 Å². The number of sulfonamides is 1. The Morgan fingerprint density at radius 2 is 2.00 bits per heavy atom. The lowest BCUT2D eigenvalue weighted by Gasteiger charge is -2.43. The van der Waals surface area contributed by atoms with Gasteiger partial charge in [0.25, 0.3) is 0 Å². The highest BCUT2D eigenvalue weighted by Gasteiger charge is 2.41. The third-order valence-corrected chi connectivity index (χ3v) is 6.03. The van der Waals surface area contributed by atoms with Gasteiger partial charge in [0, 0.05) is 13.1 Å². The van der Waals surface area contributed by atoms with E-state index in [0.29, 0.717) is 19.4 Å². The van der Waals surface area contributed by atoms with Gasteiger partial charge in [-0.15, -0.1) is 0 Å². The molecule has 112 valence electrons. The zero-order valence-corrected chi connectivity index (χ0v) is 12.4. The van der Waals surface area contributed by atoms with Gasteiger partial charge in [0.05, 0.1) is 23.6 Å². The van der Waals surface area contributed by atoms with E-state index in [-0.39, 0.29) is 18.4 Å². The van der Waals surface area contributed by atoms with Crippen LogP contribution in [0, 0.1) is 0 Å². The number of nitrogens with zero attached hydrogens (tertiary/aromatic N) is 1. The molecule has 0 spiro atoms. The van der Waals surface area contributed by atoms with Gasteiger partial charge in [-0.3, -0.25) is 0 Å². The molecule has 1 unspecified atom stereocenters. The lowest BCUT2D eigenvalue weighted by molar-refractivity contribution is -0.131. The van der Waals surface area contributed by atoms with E-state index in [1.807, 2.05) is 13.8 Å². The molecule has 0 aromatic carbocycles. The van der Waals surface area contributed by atoms with Crippen LogP contribution in [-0.4, -0.2) is 67.6 Å². The molecule has 2 saturated heterocycles. The van der Waals surface area contributed by atoms with Gasteiger partial charge in [-0.25, -0.2) is 8.42 Å². The number of hydrogen-bond acceptors (Lipinski definition) is 5. The monoisotopic (exact) mass is 292 g/mol. The third-order valence-electron chi connectivity index (χ3n) is 3.72. The molecule has 0 aromatic rings. The van der Waals surface area contributed by atoms with E-state index in [1.54, 1.807) is 0 Å². The summed E-state index contributed by atoms with van der Waals surface area (Å²) in [6.07, 6.45) is 0.883. The largest absolute Gasteiger partial charge is 0.394 e. The zero-order valence-electron chi connectivity index (χ0n) is 11.6. The van der Waals surface area contributed by atoms with Crippen molar-refractivity contribution in [3.8, 4) is 0 Å². The summed E-state index contributed by atoms with van der Waals surface area (Å²) in [6.45, 7) is 5.69. The second-order valence-electron chi connectivity index (χ2n) is 5.97. The Labute approximate surface area is 115 Å². The SMILES string of the molecule is CC1(C)CN(S(=O)(=O)C2CCNCC2)CC(CO)O1. The molecule has 2 aliphatic heterocycles. The number of hydrogen-bond donors (Lipinski definition) is 2. The second-order valence-corrected chi connectivity index (χ2v) is 8.18. The van der Waals surface area contributed by atoms with Crippen LogP contribution in [0.5, 0.6) is 0 Å². The van der Waals surface area contributed by atoms with Crippen LogP contribution in [0.15, 0.2) is 0 Å². The molecule has 0 aliphatic carbocycles. The second kappa shape index (κ2) is 5.65. The number of piperidine rings is 1. The molecule has 0 radical (unpaired) electrons. The minimum atomic E-state index is -3.30. The number of aliphatic hydroxyl groups excluding tert-OH is 1. The third kappa shape index (κ3) is 3.46. The fourth-order valence-corrected chi connectivity index (χ4v) is 4.95. The van der Waals surface area contributed by atoms with Crippen molar-refractivity contribution in [2.45, 2.75) is 43.6 Å². The fraction of sp³-hybridized carbons (Fsp3) is 1.00. The Morgan fingerprint density at radius 3 is 2.58 bits per heavy atom. The van der Waals surface area contributed by atoms with Crippen molar-refractivity contribution in [2.24, 2.45) is 0 Å². The first-order chi connectivity index (χ1) is 8.85. The molecule has 2 heterocycles. The molecule has 0 saturated carbocycles. The normalized spacial score (nSPS) is 30.4. The van der Waals surface area contributed by atoms with E-state index in [1.165, 1.54) is 4.31 Å². The highest BCUT2D eigenvalue weighted by molar-refractivity contribution is 7.89. The minimum Gasteiger partial charge on any atom is -0.394 e. The fourth-order valence-electron chi connectivity index (χ4n) is 2.84. The topological polar surface area (TPSA) is 78.9 Å². The Bertz CT molecular complexity index is 404. The number of rotatable bonds is 3. The van der Waals surface area contributed by atoms with Crippen LogP contribution in [0.3, 0.4) is 0 Å². The minimum absolute atomic E-state index is 0.151. The Kier molecular flexibility index (Phi) is 4.52. The van der Waals surface area contributed by atoms with Gasteiger partial charge in [-0.2, -0.15) is 4.31 Å². The van der Waals surface area contributed by atoms with E-state index in [0.717, 1.165) is 13.1 Å². The molecule has 2 rings (SSSR count). The predicted octanol–water partition coefficient (Wildman–Crippen LogP) is -0.460. The van der Waals surface area contributed by atoms with E-state index >= 15 is 0 Å². The number of aliphatic hydroxyl groups is 1. The summed E-state index contributed by atoms with van der Waals surface area (Å²) in [5.74, 6) is 0. The maximum absolute atomic E-state index is 12.7. The summed E-state index contributed by atoms with van der Waals surface area (Å²) in [6, 6.07) is 0. The van der Waals surface area contributed by atoms with Gasteiger partial charge >= 0.3 is 0 Å². The van der Waals surface area contributed by atoms with Crippen molar-refractivity contribution in [3.05, 3.63) is 0 Å². The highest BCUT2D eigenvalue weighted by atomic mass is 32.2. The molecule has 0 amide bonds. The van der Waals surface area contributed by atoms with Crippen LogP contribution < -0.4 is 5.32 Å². The van der Waals surface area contributed by atoms with Gasteiger partial charge < -0.3 is 15.2 Å². The van der Waals surface area contributed by atoms with Crippen LogP contribution in [0.2, 0.25) is 0 Å². The summed E-state index contributed by atoms with van der Waals surface area (Å²) < 4.78 is 32.5. The number of morpholine rings is 1. The highest BCUT2D eigenvalue weighted by Crippen LogP contribution is 2.26. The van der Waals surface area contributed by atoms with Crippen LogP contribution in [0.25, 0.3) is 0 Å². The molecule has 2 N–H and O–H groups in total. The Morgan fingerprint density at radius 1 is 1.37 bits per heavy atom. The molecule has 2 fully saturated rings. The Balaban J connectivity index is 2.14. The summed E-state index contributed by atoms with van der Waals surface area (Å²) in [4.78, 5) is 0. The van der Waals surface area contributed by atoms with Crippen molar-refractivity contribution in [1.29, 1.82) is 0 Å². The van der Waals surface area contributed by atoms with Gasteiger partial charge in [-0.1, -0.05) is 0 Å². The van der Waals surface area contributed by atoms with Crippen molar-refractivity contribution in [2.75, 3.05) is 32.8 Å².